The second-order valence-corrected chi connectivity index (χ2v) is 6.87. The summed E-state index contributed by atoms with van der Waals surface area (Å²) in [6.07, 6.45) is 1.18. The van der Waals surface area contributed by atoms with Crippen molar-refractivity contribution in [2.75, 3.05) is 26.7 Å². The maximum absolute atomic E-state index is 5.66. The second-order valence-electron chi connectivity index (χ2n) is 6.87. The Balaban J connectivity index is 2.44. The van der Waals surface area contributed by atoms with E-state index in [0.717, 1.165) is 37.7 Å². The summed E-state index contributed by atoms with van der Waals surface area (Å²) in [6, 6.07) is 4.11. The zero-order chi connectivity index (χ0) is 15.2. The molecule has 1 aromatic heterocycles. The van der Waals surface area contributed by atoms with Gasteiger partial charge in [-0.2, -0.15) is 0 Å². The van der Waals surface area contributed by atoms with Gasteiger partial charge in [-0.3, -0.25) is 4.90 Å². The Hall–Kier alpha value is -0.800. The molecular weight excluding hydrogens is 248 g/mol. The van der Waals surface area contributed by atoms with Crippen molar-refractivity contribution in [2.24, 2.45) is 11.3 Å². The lowest BCUT2D eigenvalue weighted by atomic mass is 9.86. The van der Waals surface area contributed by atoms with Crippen LogP contribution in [0.3, 0.4) is 0 Å². The standard InChI is InChI=1S/C17H32N2O/c1-7-17(5,12-18-10-14(2)3)13-19(6)11-16-9-8-15(4)20-16/h8-9,14,18H,7,10-13H2,1-6H3. The highest BCUT2D eigenvalue weighted by Gasteiger charge is 2.24. The van der Waals surface area contributed by atoms with Gasteiger partial charge in [0.25, 0.3) is 0 Å². The number of furan rings is 1. The molecule has 0 aromatic carbocycles. The van der Waals surface area contributed by atoms with Gasteiger partial charge in [0.05, 0.1) is 6.54 Å². The molecule has 1 heterocycles. The molecule has 0 aliphatic carbocycles. The summed E-state index contributed by atoms with van der Waals surface area (Å²) in [6.45, 7) is 15.3. The molecule has 3 nitrogen and oxygen atoms in total. The van der Waals surface area contributed by atoms with E-state index in [9.17, 15) is 0 Å². The molecule has 0 amide bonds. The monoisotopic (exact) mass is 280 g/mol. The fourth-order valence-corrected chi connectivity index (χ4v) is 2.50. The van der Waals surface area contributed by atoms with Crippen LogP contribution < -0.4 is 5.32 Å². The van der Waals surface area contributed by atoms with Crippen LogP contribution in [0.25, 0.3) is 0 Å². The van der Waals surface area contributed by atoms with Crippen LogP contribution in [0, 0.1) is 18.3 Å². The van der Waals surface area contributed by atoms with Gasteiger partial charge < -0.3 is 9.73 Å². The van der Waals surface area contributed by atoms with Crippen molar-refractivity contribution in [3.63, 3.8) is 0 Å². The van der Waals surface area contributed by atoms with E-state index in [4.69, 9.17) is 4.42 Å². The summed E-state index contributed by atoms with van der Waals surface area (Å²) in [5.74, 6) is 2.75. The van der Waals surface area contributed by atoms with E-state index >= 15 is 0 Å². The van der Waals surface area contributed by atoms with Crippen molar-refractivity contribution in [1.82, 2.24) is 10.2 Å². The zero-order valence-electron chi connectivity index (χ0n) is 14.1. The van der Waals surface area contributed by atoms with Gasteiger partial charge in [-0.05, 0) is 50.4 Å². The first-order valence-corrected chi connectivity index (χ1v) is 7.79. The van der Waals surface area contributed by atoms with Crippen molar-refractivity contribution >= 4 is 0 Å². The number of nitrogens with one attached hydrogen (secondary N) is 1. The Morgan fingerprint density at radius 1 is 1.35 bits per heavy atom. The highest BCUT2D eigenvalue weighted by molar-refractivity contribution is 5.05. The van der Waals surface area contributed by atoms with Gasteiger partial charge in [0.1, 0.15) is 11.5 Å². The minimum absolute atomic E-state index is 0.311. The molecular formula is C17H32N2O. The average Bonchev–Trinajstić information content (AvgIpc) is 2.73. The highest BCUT2D eigenvalue weighted by atomic mass is 16.3. The van der Waals surface area contributed by atoms with Gasteiger partial charge in [0, 0.05) is 13.1 Å². The lowest BCUT2D eigenvalue weighted by molar-refractivity contribution is 0.166. The summed E-state index contributed by atoms with van der Waals surface area (Å²) < 4.78 is 5.66. The second kappa shape index (κ2) is 7.84. The lowest BCUT2D eigenvalue weighted by Crippen LogP contribution is -2.41. The predicted molar refractivity (Wildman–Crippen MR) is 85.9 cm³/mol. The zero-order valence-corrected chi connectivity index (χ0v) is 14.1. The van der Waals surface area contributed by atoms with Crippen LogP contribution in [-0.4, -0.2) is 31.6 Å². The molecule has 0 spiro atoms. The average molecular weight is 280 g/mol. The van der Waals surface area contributed by atoms with Gasteiger partial charge in [0.15, 0.2) is 0 Å². The van der Waals surface area contributed by atoms with Crippen LogP contribution >= 0.6 is 0 Å². The van der Waals surface area contributed by atoms with Crippen LogP contribution in [-0.2, 0) is 6.54 Å². The molecule has 1 rings (SSSR count). The fraction of sp³-hybridized carbons (Fsp3) is 0.765. The third-order valence-corrected chi connectivity index (χ3v) is 3.83. The van der Waals surface area contributed by atoms with E-state index in [1.54, 1.807) is 0 Å². The van der Waals surface area contributed by atoms with Crippen molar-refractivity contribution in [2.45, 2.75) is 47.6 Å². The van der Waals surface area contributed by atoms with Crippen molar-refractivity contribution in [3.05, 3.63) is 23.7 Å². The van der Waals surface area contributed by atoms with Crippen molar-refractivity contribution < 1.29 is 4.42 Å². The molecule has 0 aliphatic rings. The molecule has 1 unspecified atom stereocenters. The van der Waals surface area contributed by atoms with E-state index in [0.29, 0.717) is 11.3 Å². The van der Waals surface area contributed by atoms with E-state index in [2.05, 4.69) is 51.0 Å². The molecule has 0 radical (unpaired) electrons. The molecule has 0 fully saturated rings. The molecule has 1 N–H and O–H groups in total. The number of nitrogens with zero attached hydrogens (tertiary/aromatic N) is 1. The fourth-order valence-electron chi connectivity index (χ4n) is 2.50. The topological polar surface area (TPSA) is 28.4 Å². The highest BCUT2D eigenvalue weighted by Crippen LogP contribution is 2.22. The SMILES string of the molecule is CCC(C)(CNCC(C)C)CN(C)Cc1ccc(C)o1. The first-order valence-electron chi connectivity index (χ1n) is 7.79. The third-order valence-electron chi connectivity index (χ3n) is 3.83. The van der Waals surface area contributed by atoms with Crippen molar-refractivity contribution in [3.8, 4) is 0 Å². The van der Waals surface area contributed by atoms with E-state index in [1.165, 1.54) is 6.42 Å². The van der Waals surface area contributed by atoms with E-state index in [-0.39, 0.29) is 0 Å². The maximum atomic E-state index is 5.66. The first kappa shape index (κ1) is 17.3. The molecule has 3 heteroatoms. The first-order chi connectivity index (χ1) is 9.34. The van der Waals surface area contributed by atoms with Crippen LogP contribution in [0.1, 0.15) is 45.6 Å². The van der Waals surface area contributed by atoms with Gasteiger partial charge in [-0.1, -0.05) is 27.7 Å². The maximum Gasteiger partial charge on any atom is 0.118 e. The molecule has 20 heavy (non-hydrogen) atoms. The van der Waals surface area contributed by atoms with Crippen LogP contribution in [0.5, 0.6) is 0 Å². The largest absolute Gasteiger partial charge is 0.465 e. The van der Waals surface area contributed by atoms with Crippen LogP contribution in [0.15, 0.2) is 16.5 Å². The van der Waals surface area contributed by atoms with Gasteiger partial charge in [-0.25, -0.2) is 0 Å². The molecule has 0 saturated heterocycles. The van der Waals surface area contributed by atoms with Crippen LogP contribution in [0.4, 0.5) is 0 Å². The van der Waals surface area contributed by atoms with Crippen molar-refractivity contribution in [1.29, 1.82) is 0 Å². The molecule has 1 aromatic rings. The third kappa shape index (κ3) is 6.10. The quantitative estimate of drug-likeness (QED) is 0.748. The molecule has 1 atom stereocenters. The number of hydrogen-bond acceptors (Lipinski definition) is 3. The normalized spacial score (nSPS) is 15.0. The smallest absolute Gasteiger partial charge is 0.118 e. The minimum Gasteiger partial charge on any atom is -0.465 e. The summed E-state index contributed by atoms with van der Waals surface area (Å²) in [5.41, 5.74) is 0.311. The lowest BCUT2D eigenvalue weighted by Gasteiger charge is -2.33. The number of hydrogen-bond donors (Lipinski definition) is 1. The van der Waals surface area contributed by atoms with E-state index in [1.807, 2.05) is 13.0 Å². The van der Waals surface area contributed by atoms with E-state index < -0.39 is 0 Å². The van der Waals surface area contributed by atoms with Gasteiger partial charge in [-0.15, -0.1) is 0 Å². The molecule has 0 aliphatic heterocycles. The predicted octanol–water partition coefficient (Wildman–Crippen LogP) is 3.68. The summed E-state index contributed by atoms with van der Waals surface area (Å²) in [4.78, 5) is 2.36. The summed E-state index contributed by atoms with van der Waals surface area (Å²) in [7, 11) is 2.17. The van der Waals surface area contributed by atoms with Gasteiger partial charge in [0.2, 0.25) is 0 Å². The van der Waals surface area contributed by atoms with Gasteiger partial charge >= 0.3 is 0 Å². The summed E-state index contributed by atoms with van der Waals surface area (Å²) >= 11 is 0. The minimum atomic E-state index is 0.311. The number of rotatable bonds is 9. The molecule has 0 saturated carbocycles. The Morgan fingerprint density at radius 3 is 2.55 bits per heavy atom. The number of aryl methyl sites for hydroxylation is 1. The Morgan fingerprint density at radius 2 is 2.05 bits per heavy atom. The molecule has 0 bridgehead atoms. The van der Waals surface area contributed by atoms with Crippen LogP contribution in [0.2, 0.25) is 0 Å². The molecule has 116 valence electrons. The Labute approximate surface area is 124 Å². The summed E-state index contributed by atoms with van der Waals surface area (Å²) in [5, 5.41) is 3.60. The Bertz CT molecular complexity index is 386. The Kier molecular flexibility index (Phi) is 6.77.